The lowest BCUT2D eigenvalue weighted by atomic mass is 9.79. The molecule has 1 heterocycles. The first-order valence-electron chi connectivity index (χ1n) is 4.17. The fraction of sp³-hybridized carbons (Fsp3) is 0.875. The summed E-state index contributed by atoms with van der Waals surface area (Å²) in [5, 5.41) is 3.17. The molecule has 2 aliphatic rings. The molecule has 2 rings (SSSR count). The van der Waals surface area contributed by atoms with Gasteiger partial charge in [0.15, 0.2) is 0 Å². The quantitative estimate of drug-likeness (QED) is 0.546. The Morgan fingerprint density at radius 1 is 1.55 bits per heavy atom. The fourth-order valence-corrected chi connectivity index (χ4v) is 1.67. The van der Waals surface area contributed by atoms with Gasteiger partial charge in [0, 0.05) is 6.54 Å². The van der Waals surface area contributed by atoms with Crippen LogP contribution in [0.1, 0.15) is 19.3 Å². The molecule has 0 aromatic carbocycles. The van der Waals surface area contributed by atoms with E-state index in [1.54, 1.807) is 0 Å². The molecular formula is C8H13NO2. The molecule has 3 heteroatoms. The summed E-state index contributed by atoms with van der Waals surface area (Å²) >= 11 is 0. The Kier molecular flexibility index (Phi) is 1.69. The summed E-state index contributed by atoms with van der Waals surface area (Å²) in [5.41, 5.74) is 0.111. The van der Waals surface area contributed by atoms with Gasteiger partial charge in [0.1, 0.15) is 6.29 Å². The topological polar surface area (TPSA) is 38.3 Å². The Labute approximate surface area is 66.1 Å². The Morgan fingerprint density at radius 3 is 2.73 bits per heavy atom. The Bertz CT molecular complexity index is 155. The lowest BCUT2D eigenvalue weighted by Gasteiger charge is -2.46. The average Bonchev–Trinajstić information content (AvgIpc) is 2.02. The lowest BCUT2D eigenvalue weighted by molar-refractivity contribution is -0.138. The first-order chi connectivity index (χ1) is 5.35. The number of nitrogens with one attached hydrogen (secondary N) is 1. The zero-order chi connectivity index (χ0) is 7.73. The van der Waals surface area contributed by atoms with Crippen LogP contribution >= 0.6 is 0 Å². The van der Waals surface area contributed by atoms with Gasteiger partial charge in [0.05, 0.1) is 18.2 Å². The van der Waals surface area contributed by atoms with E-state index in [9.17, 15) is 4.79 Å². The highest BCUT2D eigenvalue weighted by Gasteiger charge is 2.41. The minimum Gasteiger partial charge on any atom is -0.372 e. The summed E-state index contributed by atoms with van der Waals surface area (Å²) in [4.78, 5) is 10.3. The molecule has 62 valence electrons. The van der Waals surface area contributed by atoms with E-state index >= 15 is 0 Å². The summed E-state index contributed by atoms with van der Waals surface area (Å²) in [6.45, 7) is 1.42. The summed E-state index contributed by atoms with van der Waals surface area (Å²) in [5.74, 6) is 0. The van der Waals surface area contributed by atoms with Crippen molar-refractivity contribution in [3.8, 4) is 0 Å². The van der Waals surface area contributed by atoms with E-state index in [2.05, 4.69) is 5.32 Å². The van der Waals surface area contributed by atoms with Crippen LogP contribution in [0.2, 0.25) is 0 Å². The summed E-state index contributed by atoms with van der Waals surface area (Å²) in [7, 11) is 0. The molecule has 0 bridgehead atoms. The molecule has 1 saturated heterocycles. The Morgan fingerprint density at radius 2 is 2.36 bits per heavy atom. The van der Waals surface area contributed by atoms with E-state index in [-0.39, 0.29) is 11.6 Å². The van der Waals surface area contributed by atoms with Crippen LogP contribution in [-0.4, -0.2) is 31.1 Å². The highest BCUT2D eigenvalue weighted by Crippen LogP contribution is 2.36. The maximum absolute atomic E-state index is 10.3. The molecule has 2 fully saturated rings. The van der Waals surface area contributed by atoms with E-state index in [1.807, 2.05) is 0 Å². The molecule has 0 aromatic heterocycles. The number of rotatable bonds is 1. The second-order valence-corrected chi connectivity index (χ2v) is 3.47. The summed E-state index contributed by atoms with van der Waals surface area (Å²) in [6, 6.07) is -0.0683. The van der Waals surface area contributed by atoms with Crippen LogP contribution < -0.4 is 5.32 Å². The molecule has 0 radical (unpaired) electrons. The largest absolute Gasteiger partial charge is 0.372 e. The van der Waals surface area contributed by atoms with Crippen molar-refractivity contribution in [3.63, 3.8) is 0 Å². The third-order valence-electron chi connectivity index (χ3n) is 2.68. The van der Waals surface area contributed by atoms with Gasteiger partial charge in [-0.2, -0.15) is 0 Å². The van der Waals surface area contributed by atoms with Crippen LogP contribution in [-0.2, 0) is 9.53 Å². The maximum Gasteiger partial charge on any atom is 0.139 e. The lowest BCUT2D eigenvalue weighted by Crippen LogP contribution is -2.58. The van der Waals surface area contributed by atoms with Crippen molar-refractivity contribution in [1.29, 1.82) is 0 Å². The van der Waals surface area contributed by atoms with Crippen molar-refractivity contribution in [1.82, 2.24) is 5.32 Å². The molecule has 1 aliphatic heterocycles. The number of carbonyl (C=O) groups is 1. The smallest absolute Gasteiger partial charge is 0.139 e. The van der Waals surface area contributed by atoms with E-state index in [0.29, 0.717) is 6.61 Å². The van der Waals surface area contributed by atoms with Crippen molar-refractivity contribution in [3.05, 3.63) is 0 Å². The highest BCUT2D eigenvalue weighted by atomic mass is 16.5. The third-order valence-corrected chi connectivity index (χ3v) is 2.68. The highest BCUT2D eigenvalue weighted by molar-refractivity contribution is 5.57. The third kappa shape index (κ3) is 1.19. The van der Waals surface area contributed by atoms with Crippen molar-refractivity contribution >= 4 is 6.29 Å². The van der Waals surface area contributed by atoms with Gasteiger partial charge < -0.3 is 14.8 Å². The first kappa shape index (κ1) is 7.25. The van der Waals surface area contributed by atoms with Gasteiger partial charge in [-0.15, -0.1) is 0 Å². The second kappa shape index (κ2) is 2.57. The number of hydrogen-bond acceptors (Lipinski definition) is 3. The number of carbonyl (C=O) groups excluding carboxylic acids is 1. The molecule has 1 unspecified atom stereocenters. The number of morpholine rings is 1. The minimum absolute atomic E-state index is 0.0683. The standard InChI is InChI=1S/C8H13NO2/c10-4-7-5-11-8(6-9-7)2-1-3-8/h4,7,9H,1-3,5-6H2. The van der Waals surface area contributed by atoms with E-state index in [1.165, 1.54) is 6.42 Å². The maximum atomic E-state index is 10.3. The molecule has 1 aliphatic carbocycles. The van der Waals surface area contributed by atoms with Gasteiger partial charge in [0.2, 0.25) is 0 Å². The molecule has 0 amide bonds. The van der Waals surface area contributed by atoms with Crippen LogP contribution in [0.25, 0.3) is 0 Å². The van der Waals surface area contributed by atoms with Crippen molar-refractivity contribution in [2.45, 2.75) is 30.9 Å². The number of aldehydes is 1. The Balaban J connectivity index is 1.88. The van der Waals surface area contributed by atoms with Gasteiger partial charge in [0.25, 0.3) is 0 Å². The predicted octanol–water partition coefficient (Wildman–Crippen LogP) is 0.0964. The van der Waals surface area contributed by atoms with Crippen LogP contribution in [0.15, 0.2) is 0 Å². The predicted molar refractivity (Wildman–Crippen MR) is 40.4 cm³/mol. The van der Waals surface area contributed by atoms with Crippen LogP contribution in [0, 0.1) is 0 Å². The van der Waals surface area contributed by atoms with Crippen LogP contribution in [0.4, 0.5) is 0 Å². The summed E-state index contributed by atoms with van der Waals surface area (Å²) < 4.78 is 5.61. The number of ether oxygens (including phenoxy) is 1. The monoisotopic (exact) mass is 155 g/mol. The minimum atomic E-state index is -0.0683. The zero-order valence-corrected chi connectivity index (χ0v) is 6.51. The molecule has 1 N–H and O–H groups in total. The zero-order valence-electron chi connectivity index (χ0n) is 6.51. The van der Waals surface area contributed by atoms with Gasteiger partial charge in [-0.25, -0.2) is 0 Å². The van der Waals surface area contributed by atoms with Crippen LogP contribution in [0.5, 0.6) is 0 Å². The molecule has 1 atom stereocenters. The van der Waals surface area contributed by atoms with Crippen molar-refractivity contribution < 1.29 is 9.53 Å². The van der Waals surface area contributed by atoms with Crippen molar-refractivity contribution in [2.75, 3.05) is 13.2 Å². The van der Waals surface area contributed by atoms with Crippen LogP contribution in [0.3, 0.4) is 0 Å². The molecule has 1 spiro atoms. The van der Waals surface area contributed by atoms with Gasteiger partial charge in [-0.05, 0) is 19.3 Å². The van der Waals surface area contributed by atoms with E-state index in [4.69, 9.17) is 4.74 Å². The normalized spacial score (nSPS) is 34.7. The van der Waals surface area contributed by atoms with Crippen molar-refractivity contribution in [2.24, 2.45) is 0 Å². The number of hydrogen-bond donors (Lipinski definition) is 1. The fourth-order valence-electron chi connectivity index (χ4n) is 1.67. The molecule has 11 heavy (non-hydrogen) atoms. The summed E-state index contributed by atoms with van der Waals surface area (Å²) in [6.07, 6.45) is 4.51. The van der Waals surface area contributed by atoms with E-state index in [0.717, 1.165) is 25.7 Å². The first-order valence-corrected chi connectivity index (χ1v) is 4.17. The molecular weight excluding hydrogens is 142 g/mol. The Hall–Kier alpha value is -0.410. The molecule has 3 nitrogen and oxygen atoms in total. The van der Waals surface area contributed by atoms with Gasteiger partial charge in [-0.1, -0.05) is 0 Å². The average molecular weight is 155 g/mol. The molecule has 0 aromatic rings. The molecule has 1 saturated carbocycles. The van der Waals surface area contributed by atoms with Gasteiger partial charge in [-0.3, -0.25) is 0 Å². The SMILES string of the molecule is O=CC1COC2(CCC2)CN1. The van der Waals surface area contributed by atoms with Gasteiger partial charge >= 0.3 is 0 Å². The second-order valence-electron chi connectivity index (χ2n) is 3.47. The van der Waals surface area contributed by atoms with E-state index < -0.39 is 0 Å².